The Morgan fingerprint density at radius 1 is 1.07 bits per heavy atom. The van der Waals surface area contributed by atoms with E-state index in [2.05, 4.69) is 32.6 Å². The predicted octanol–water partition coefficient (Wildman–Crippen LogP) is 3.07. The van der Waals surface area contributed by atoms with Crippen LogP contribution in [0.3, 0.4) is 0 Å². The fourth-order valence-corrected chi connectivity index (χ4v) is 3.85. The molecule has 0 bridgehead atoms. The second kappa shape index (κ2) is 9.82. The summed E-state index contributed by atoms with van der Waals surface area (Å²) in [6.45, 7) is 8.71. The van der Waals surface area contributed by atoms with Crippen LogP contribution in [0.1, 0.15) is 29.1 Å². The van der Waals surface area contributed by atoms with Crippen LogP contribution in [0.25, 0.3) is 0 Å². The normalized spacial score (nSPS) is 15.5. The minimum absolute atomic E-state index is 0.0378. The van der Waals surface area contributed by atoms with Gasteiger partial charge < -0.3 is 10.1 Å². The van der Waals surface area contributed by atoms with Crippen LogP contribution in [0.15, 0.2) is 41.8 Å². The Morgan fingerprint density at radius 3 is 2.36 bits per heavy atom. The molecule has 1 amide bonds. The maximum absolute atomic E-state index is 12.3. The topological polar surface area (TPSA) is 61.9 Å². The molecule has 1 aliphatic rings. The molecule has 0 radical (unpaired) electrons. The van der Waals surface area contributed by atoms with Crippen LogP contribution >= 0.6 is 11.3 Å². The monoisotopic (exact) mass is 401 g/mol. The number of nitrogens with zero attached hydrogens (tertiary/aromatic N) is 2. The third-order valence-electron chi connectivity index (χ3n) is 4.54. The number of amides is 1. The van der Waals surface area contributed by atoms with Gasteiger partial charge >= 0.3 is 5.97 Å². The Balaban J connectivity index is 1.41. The van der Waals surface area contributed by atoms with E-state index in [0.717, 1.165) is 32.7 Å². The first-order valence-electron chi connectivity index (χ1n) is 9.57. The summed E-state index contributed by atoms with van der Waals surface area (Å²) < 4.78 is 5.16. The van der Waals surface area contributed by atoms with E-state index in [-0.39, 0.29) is 18.0 Å². The molecule has 1 aromatic carbocycles. The lowest BCUT2D eigenvalue weighted by atomic mass is 10.2. The van der Waals surface area contributed by atoms with Gasteiger partial charge in [-0.05, 0) is 49.6 Å². The molecule has 2 heterocycles. The van der Waals surface area contributed by atoms with E-state index in [9.17, 15) is 9.59 Å². The van der Waals surface area contributed by atoms with Gasteiger partial charge in [-0.25, -0.2) is 4.79 Å². The zero-order valence-corrected chi connectivity index (χ0v) is 17.2. The van der Waals surface area contributed by atoms with Crippen molar-refractivity contribution in [1.29, 1.82) is 0 Å². The van der Waals surface area contributed by atoms with Crippen molar-refractivity contribution in [3.8, 4) is 0 Å². The SMILES string of the molecule is CC(C)OC(=O)c1ccc(NC(=O)CN2CCN(Cc3cccs3)CC2)cc1. The van der Waals surface area contributed by atoms with E-state index in [0.29, 0.717) is 17.8 Å². The number of rotatable bonds is 7. The molecule has 1 aliphatic heterocycles. The lowest BCUT2D eigenvalue weighted by Gasteiger charge is -2.34. The molecule has 0 aliphatic carbocycles. The predicted molar refractivity (Wildman–Crippen MR) is 112 cm³/mol. The first-order chi connectivity index (χ1) is 13.5. The van der Waals surface area contributed by atoms with Crippen LogP contribution in [0.5, 0.6) is 0 Å². The summed E-state index contributed by atoms with van der Waals surface area (Å²) >= 11 is 1.79. The number of hydrogen-bond donors (Lipinski definition) is 1. The summed E-state index contributed by atoms with van der Waals surface area (Å²) in [4.78, 5) is 30.2. The van der Waals surface area contributed by atoms with E-state index >= 15 is 0 Å². The number of thiophene rings is 1. The second-order valence-electron chi connectivity index (χ2n) is 7.21. The van der Waals surface area contributed by atoms with E-state index in [1.807, 2.05) is 13.8 Å². The maximum atomic E-state index is 12.3. The van der Waals surface area contributed by atoms with Crippen molar-refractivity contribution >= 4 is 28.9 Å². The maximum Gasteiger partial charge on any atom is 0.338 e. The van der Waals surface area contributed by atoms with Gasteiger partial charge in [0.05, 0.1) is 18.2 Å². The molecule has 1 aromatic heterocycles. The van der Waals surface area contributed by atoms with Crippen LogP contribution in [0.2, 0.25) is 0 Å². The van der Waals surface area contributed by atoms with E-state index < -0.39 is 0 Å². The molecule has 1 N–H and O–H groups in total. The Kier molecular flexibility index (Phi) is 7.19. The summed E-state index contributed by atoms with van der Waals surface area (Å²) in [7, 11) is 0. The Bertz CT molecular complexity index is 767. The molecule has 6 nitrogen and oxygen atoms in total. The number of ether oxygens (including phenoxy) is 1. The van der Waals surface area contributed by atoms with Crippen LogP contribution in [0.4, 0.5) is 5.69 Å². The zero-order chi connectivity index (χ0) is 19.9. The highest BCUT2D eigenvalue weighted by molar-refractivity contribution is 7.09. The van der Waals surface area contributed by atoms with Crippen molar-refractivity contribution in [1.82, 2.24) is 9.80 Å². The first-order valence-corrected chi connectivity index (χ1v) is 10.5. The average molecular weight is 402 g/mol. The van der Waals surface area contributed by atoms with Gasteiger partial charge in [0.2, 0.25) is 5.91 Å². The molecule has 0 saturated carbocycles. The Hall–Kier alpha value is -2.22. The van der Waals surface area contributed by atoms with Crippen molar-refractivity contribution in [2.24, 2.45) is 0 Å². The average Bonchev–Trinajstić information content (AvgIpc) is 3.16. The molecule has 150 valence electrons. The molecule has 0 spiro atoms. The molecule has 0 unspecified atom stereocenters. The van der Waals surface area contributed by atoms with Gasteiger partial charge in [-0.15, -0.1) is 11.3 Å². The number of carbonyl (C=O) groups is 2. The molecular weight excluding hydrogens is 374 g/mol. The van der Waals surface area contributed by atoms with Crippen molar-refractivity contribution in [2.45, 2.75) is 26.5 Å². The number of benzene rings is 1. The van der Waals surface area contributed by atoms with Crippen molar-refractivity contribution in [3.63, 3.8) is 0 Å². The molecule has 1 fully saturated rings. The van der Waals surface area contributed by atoms with Gasteiger partial charge in [0.25, 0.3) is 0 Å². The van der Waals surface area contributed by atoms with Gasteiger partial charge in [-0.3, -0.25) is 14.6 Å². The molecule has 28 heavy (non-hydrogen) atoms. The van der Waals surface area contributed by atoms with Gasteiger partial charge in [-0.2, -0.15) is 0 Å². The number of anilines is 1. The van der Waals surface area contributed by atoms with E-state index in [1.165, 1.54) is 4.88 Å². The van der Waals surface area contributed by atoms with E-state index in [1.54, 1.807) is 35.6 Å². The minimum Gasteiger partial charge on any atom is -0.459 e. The van der Waals surface area contributed by atoms with Crippen LogP contribution in [-0.4, -0.2) is 60.5 Å². The first kappa shape index (κ1) is 20.5. The van der Waals surface area contributed by atoms with Gasteiger partial charge in [0.1, 0.15) is 0 Å². The van der Waals surface area contributed by atoms with Crippen molar-refractivity contribution in [3.05, 3.63) is 52.2 Å². The zero-order valence-electron chi connectivity index (χ0n) is 16.4. The van der Waals surface area contributed by atoms with E-state index in [4.69, 9.17) is 4.74 Å². The minimum atomic E-state index is -0.353. The third-order valence-corrected chi connectivity index (χ3v) is 5.40. The highest BCUT2D eigenvalue weighted by Gasteiger charge is 2.19. The van der Waals surface area contributed by atoms with Gasteiger partial charge in [0, 0.05) is 43.3 Å². The van der Waals surface area contributed by atoms with Crippen LogP contribution < -0.4 is 5.32 Å². The highest BCUT2D eigenvalue weighted by Crippen LogP contribution is 2.14. The summed E-state index contributed by atoms with van der Waals surface area (Å²) in [5, 5.41) is 5.01. The smallest absolute Gasteiger partial charge is 0.338 e. The fourth-order valence-electron chi connectivity index (χ4n) is 3.10. The molecule has 7 heteroatoms. The molecule has 3 rings (SSSR count). The largest absolute Gasteiger partial charge is 0.459 e. The third kappa shape index (κ3) is 6.15. The van der Waals surface area contributed by atoms with Crippen molar-refractivity contribution < 1.29 is 14.3 Å². The van der Waals surface area contributed by atoms with Gasteiger partial charge in [0.15, 0.2) is 0 Å². The summed E-state index contributed by atoms with van der Waals surface area (Å²) in [6.07, 6.45) is -0.155. The lowest BCUT2D eigenvalue weighted by Crippen LogP contribution is -2.48. The highest BCUT2D eigenvalue weighted by atomic mass is 32.1. The lowest BCUT2D eigenvalue weighted by molar-refractivity contribution is -0.117. The molecule has 2 aromatic rings. The molecular formula is C21H27N3O3S. The quantitative estimate of drug-likeness (QED) is 0.723. The Labute approximate surface area is 170 Å². The number of piperazine rings is 1. The second-order valence-corrected chi connectivity index (χ2v) is 8.24. The van der Waals surface area contributed by atoms with Crippen molar-refractivity contribution in [2.75, 3.05) is 38.0 Å². The Morgan fingerprint density at radius 2 is 1.75 bits per heavy atom. The number of carbonyl (C=O) groups excluding carboxylic acids is 2. The number of hydrogen-bond acceptors (Lipinski definition) is 6. The number of nitrogens with one attached hydrogen (secondary N) is 1. The number of esters is 1. The van der Waals surface area contributed by atoms with Crippen LogP contribution in [0, 0.1) is 0 Å². The van der Waals surface area contributed by atoms with Crippen LogP contribution in [-0.2, 0) is 16.1 Å². The summed E-state index contributed by atoms with van der Waals surface area (Å²) in [5.74, 6) is -0.391. The summed E-state index contributed by atoms with van der Waals surface area (Å²) in [6, 6.07) is 11.0. The van der Waals surface area contributed by atoms with Gasteiger partial charge in [-0.1, -0.05) is 6.07 Å². The fraction of sp³-hybridized carbons (Fsp3) is 0.429. The molecule has 0 atom stereocenters. The summed E-state index contributed by atoms with van der Waals surface area (Å²) in [5.41, 5.74) is 1.16. The molecule has 1 saturated heterocycles. The standard InChI is InChI=1S/C21H27N3O3S/c1-16(2)27-21(26)17-5-7-18(8-6-17)22-20(25)15-24-11-9-23(10-12-24)14-19-4-3-13-28-19/h3-8,13,16H,9-12,14-15H2,1-2H3,(H,22,25).